The first-order valence-corrected chi connectivity index (χ1v) is 14.5. The summed E-state index contributed by atoms with van der Waals surface area (Å²) in [5.74, 6) is -0.434. The van der Waals surface area contributed by atoms with E-state index < -0.39 is 28.5 Å². The predicted molar refractivity (Wildman–Crippen MR) is 154 cm³/mol. The van der Waals surface area contributed by atoms with Crippen molar-refractivity contribution in [1.29, 1.82) is 0 Å². The van der Waals surface area contributed by atoms with Crippen molar-refractivity contribution in [1.82, 2.24) is 10.2 Å². The minimum Gasteiger partial charge on any atom is -0.497 e. The van der Waals surface area contributed by atoms with Gasteiger partial charge in [-0.1, -0.05) is 54.4 Å². The van der Waals surface area contributed by atoms with Crippen molar-refractivity contribution in [2.45, 2.75) is 37.8 Å². The average molecular weight is 593 g/mol. The Bertz CT molecular complexity index is 1400. The molecule has 0 bridgehead atoms. The number of nitrogens with one attached hydrogen (secondary N) is 1. The normalized spacial score (nSPS) is 11.9. The Morgan fingerprint density at radius 2 is 1.67 bits per heavy atom. The Balaban J connectivity index is 2.07. The molecule has 11 heteroatoms. The highest BCUT2D eigenvalue weighted by molar-refractivity contribution is 7.92. The largest absolute Gasteiger partial charge is 0.497 e. The molecule has 1 unspecified atom stereocenters. The van der Waals surface area contributed by atoms with Crippen LogP contribution < -0.4 is 14.4 Å². The van der Waals surface area contributed by atoms with E-state index in [1.807, 2.05) is 0 Å². The van der Waals surface area contributed by atoms with Crippen molar-refractivity contribution in [3.05, 3.63) is 88.4 Å². The minimum atomic E-state index is -4.22. The number of carbonyl (C=O) groups is 2. The second-order valence-electron chi connectivity index (χ2n) is 8.60. The van der Waals surface area contributed by atoms with Crippen LogP contribution in [0.2, 0.25) is 10.0 Å². The number of methoxy groups -OCH3 is 1. The van der Waals surface area contributed by atoms with Crippen LogP contribution in [-0.4, -0.2) is 51.4 Å². The van der Waals surface area contributed by atoms with Gasteiger partial charge in [-0.25, -0.2) is 8.42 Å². The van der Waals surface area contributed by atoms with E-state index in [0.29, 0.717) is 34.3 Å². The number of carbonyl (C=O) groups excluding carboxylic acids is 2. The van der Waals surface area contributed by atoms with Gasteiger partial charge >= 0.3 is 0 Å². The van der Waals surface area contributed by atoms with Crippen LogP contribution in [0, 0.1) is 0 Å². The molecule has 8 nitrogen and oxygen atoms in total. The third kappa shape index (κ3) is 7.44. The van der Waals surface area contributed by atoms with Crippen molar-refractivity contribution >= 4 is 50.7 Å². The number of halogens is 2. The summed E-state index contributed by atoms with van der Waals surface area (Å²) in [7, 11) is -2.74. The number of ether oxygens (including phenoxy) is 1. The molecule has 208 valence electrons. The Morgan fingerprint density at radius 3 is 2.26 bits per heavy atom. The van der Waals surface area contributed by atoms with Crippen molar-refractivity contribution in [2.24, 2.45) is 0 Å². The van der Waals surface area contributed by atoms with E-state index in [-0.39, 0.29) is 23.0 Å². The molecule has 39 heavy (non-hydrogen) atoms. The maximum Gasteiger partial charge on any atom is 0.264 e. The molecule has 2 amide bonds. The molecule has 3 aromatic carbocycles. The first-order chi connectivity index (χ1) is 18.6. The molecule has 0 aliphatic carbocycles. The summed E-state index contributed by atoms with van der Waals surface area (Å²) in [6.45, 7) is 3.39. The fourth-order valence-electron chi connectivity index (χ4n) is 4.06. The molecule has 0 heterocycles. The maximum absolute atomic E-state index is 14.0. The number of amides is 2. The molecule has 0 fully saturated rings. The molecule has 0 aromatic heterocycles. The standard InChI is InChI=1S/C28H31Cl2N3O5S/c1-4-26(28(35)31-5-2)32(18-20-9-6-7-12-25(20)30)27(34)19-33(22-11-8-10-21(29)17-22)39(36,37)24-15-13-23(38-3)14-16-24/h6-17,26H,4-5,18-19H2,1-3H3,(H,31,35). The summed E-state index contributed by atoms with van der Waals surface area (Å²) >= 11 is 12.6. The van der Waals surface area contributed by atoms with Crippen LogP contribution in [0.5, 0.6) is 5.75 Å². The van der Waals surface area contributed by atoms with Gasteiger partial charge in [-0.3, -0.25) is 13.9 Å². The van der Waals surface area contributed by atoms with Crippen molar-refractivity contribution < 1.29 is 22.7 Å². The second kappa shape index (κ2) is 13.7. The van der Waals surface area contributed by atoms with E-state index in [0.717, 1.165) is 4.31 Å². The molecule has 0 saturated heterocycles. The van der Waals surface area contributed by atoms with Gasteiger partial charge in [0.05, 0.1) is 17.7 Å². The second-order valence-corrected chi connectivity index (χ2v) is 11.3. The van der Waals surface area contributed by atoms with E-state index >= 15 is 0 Å². The van der Waals surface area contributed by atoms with Crippen LogP contribution in [0.15, 0.2) is 77.7 Å². The molecular weight excluding hydrogens is 561 g/mol. The molecule has 1 N–H and O–H groups in total. The van der Waals surface area contributed by atoms with Gasteiger partial charge in [0, 0.05) is 23.1 Å². The smallest absolute Gasteiger partial charge is 0.264 e. The lowest BCUT2D eigenvalue weighted by atomic mass is 10.1. The molecule has 0 aliphatic heterocycles. The molecule has 0 spiro atoms. The van der Waals surface area contributed by atoms with E-state index in [2.05, 4.69) is 5.32 Å². The van der Waals surface area contributed by atoms with E-state index in [1.54, 1.807) is 56.3 Å². The van der Waals surface area contributed by atoms with E-state index in [9.17, 15) is 18.0 Å². The lowest BCUT2D eigenvalue weighted by Crippen LogP contribution is -2.52. The van der Waals surface area contributed by atoms with Gasteiger partial charge in [0.25, 0.3) is 10.0 Å². The van der Waals surface area contributed by atoms with Gasteiger partial charge in [-0.05, 0) is 67.4 Å². The summed E-state index contributed by atoms with van der Waals surface area (Å²) in [5.41, 5.74) is 0.831. The number of nitrogens with zero attached hydrogens (tertiary/aromatic N) is 2. The fraction of sp³-hybridized carbons (Fsp3) is 0.286. The first kappa shape index (κ1) is 30.3. The van der Waals surface area contributed by atoms with E-state index in [1.165, 1.54) is 42.3 Å². The quantitative estimate of drug-likeness (QED) is 0.314. The van der Waals surface area contributed by atoms with E-state index in [4.69, 9.17) is 27.9 Å². The van der Waals surface area contributed by atoms with Crippen molar-refractivity contribution in [3.63, 3.8) is 0 Å². The Kier molecular flexibility index (Phi) is 10.6. The Hall–Kier alpha value is -3.27. The summed E-state index contributed by atoms with van der Waals surface area (Å²) < 4.78 is 33.9. The number of likely N-dealkylation sites (N-methyl/N-ethyl adjacent to an activating group) is 1. The highest BCUT2D eigenvalue weighted by Gasteiger charge is 2.34. The fourth-order valence-corrected chi connectivity index (χ4v) is 5.84. The van der Waals surface area contributed by atoms with Crippen LogP contribution >= 0.6 is 23.2 Å². The molecule has 1 atom stereocenters. The lowest BCUT2D eigenvalue weighted by molar-refractivity contribution is -0.140. The molecular formula is C28H31Cl2N3O5S. The van der Waals surface area contributed by atoms with Crippen LogP contribution in [-0.2, 0) is 26.2 Å². The summed E-state index contributed by atoms with van der Waals surface area (Å²) in [5, 5.41) is 3.50. The number of anilines is 1. The van der Waals surface area contributed by atoms with Crippen LogP contribution in [0.25, 0.3) is 0 Å². The zero-order valence-electron chi connectivity index (χ0n) is 21.9. The number of hydrogen-bond acceptors (Lipinski definition) is 5. The third-order valence-corrected chi connectivity index (χ3v) is 8.45. The number of hydrogen-bond donors (Lipinski definition) is 1. The monoisotopic (exact) mass is 591 g/mol. The summed E-state index contributed by atoms with van der Waals surface area (Å²) in [4.78, 5) is 28.3. The highest BCUT2D eigenvalue weighted by Crippen LogP contribution is 2.28. The highest BCUT2D eigenvalue weighted by atomic mass is 35.5. The van der Waals surface area contributed by atoms with Crippen molar-refractivity contribution in [2.75, 3.05) is 24.5 Å². The zero-order chi connectivity index (χ0) is 28.6. The van der Waals surface area contributed by atoms with Gasteiger partial charge in [-0.15, -0.1) is 0 Å². The molecule has 0 saturated carbocycles. The molecule has 3 rings (SSSR count). The van der Waals surface area contributed by atoms with Gasteiger partial charge in [0.1, 0.15) is 18.3 Å². The predicted octanol–water partition coefficient (Wildman–Crippen LogP) is 5.14. The lowest BCUT2D eigenvalue weighted by Gasteiger charge is -2.33. The molecule has 3 aromatic rings. The topological polar surface area (TPSA) is 96.0 Å². The number of sulfonamides is 1. The summed E-state index contributed by atoms with van der Waals surface area (Å²) in [6.07, 6.45) is 0.310. The van der Waals surface area contributed by atoms with Crippen LogP contribution in [0.3, 0.4) is 0 Å². The average Bonchev–Trinajstić information content (AvgIpc) is 2.92. The van der Waals surface area contributed by atoms with Crippen molar-refractivity contribution in [3.8, 4) is 5.75 Å². The molecule has 0 radical (unpaired) electrons. The van der Waals surface area contributed by atoms with Gasteiger partial charge < -0.3 is 15.0 Å². The number of rotatable bonds is 12. The SMILES string of the molecule is CCNC(=O)C(CC)N(Cc1ccccc1Cl)C(=O)CN(c1cccc(Cl)c1)S(=O)(=O)c1ccc(OC)cc1. The van der Waals surface area contributed by atoms with Gasteiger partial charge in [-0.2, -0.15) is 0 Å². The van der Waals surface area contributed by atoms with Crippen LogP contribution in [0.1, 0.15) is 25.8 Å². The maximum atomic E-state index is 14.0. The van der Waals surface area contributed by atoms with Crippen LogP contribution in [0.4, 0.5) is 5.69 Å². The Labute approximate surface area is 239 Å². The summed E-state index contributed by atoms with van der Waals surface area (Å²) in [6, 6.07) is 18.2. The minimum absolute atomic E-state index is 0.0140. The molecule has 0 aliphatic rings. The zero-order valence-corrected chi connectivity index (χ0v) is 24.3. The van der Waals surface area contributed by atoms with Gasteiger partial charge in [0.15, 0.2) is 0 Å². The number of benzene rings is 3. The Morgan fingerprint density at radius 1 is 0.974 bits per heavy atom. The third-order valence-electron chi connectivity index (χ3n) is 6.06. The van der Waals surface area contributed by atoms with Gasteiger partial charge in [0.2, 0.25) is 11.8 Å². The first-order valence-electron chi connectivity index (χ1n) is 12.3.